The number of ether oxygens (including phenoxy) is 1. The molecule has 0 aliphatic carbocycles. The van der Waals surface area contributed by atoms with E-state index in [-0.39, 0.29) is 11.5 Å². The van der Waals surface area contributed by atoms with Gasteiger partial charge in [-0.1, -0.05) is 11.6 Å². The van der Waals surface area contributed by atoms with Crippen molar-refractivity contribution in [3.8, 4) is 0 Å². The van der Waals surface area contributed by atoms with E-state index in [0.717, 1.165) is 0 Å². The standard InChI is InChI=1S/C18H20ClN3O4/c1-9-16(12(4)23)11(3)20-17(9)14(24)8-26-15(25)7-6-13-10(2)21-22(5)18(13)19/h6-7,20H,8H2,1-5H3. The fraction of sp³-hybridized carbons (Fsp3) is 0.333. The molecule has 7 nitrogen and oxygen atoms in total. The zero-order chi connectivity index (χ0) is 19.6. The number of aromatic nitrogens is 3. The Bertz CT molecular complexity index is 922. The Morgan fingerprint density at radius 2 is 1.92 bits per heavy atom. The number of nitrogens with zero attached hydrogens (tertiary/aromatic N) is 2. The zero-order valence-corrected chi connectivity index (χ0v) is 16.0. The molecule has 0 radical (unpaired) electrons. The Morgan fingerprint density at radius 1 is 1.27 bits per heavy atom. The molecule has 0 saturated heterocycles. The quantitative estimate of drug-likeness (QED) is 0.474. The highest BCUT2D eigenvalue weighted by Gasteiger charge is 2.20. The summed E-state index contributed by atoms with van der Waals surface area (Å²) >= 11 is 6.08. The molecule has 0 aliphatic rings. The Kier molecular flexibility index (Phi) is 5.82. The normalized spacial score (nSPS) is 11.2. The minimum Gasteiger partial charge on any atom is -0.454 e. The van der Waals surface area contributed by atoms with Crippen molar-refractivity contribution in [1.29, 1.82) is 0 Å². The number of aryl methyl sites for hydroxylation is 3. The van der Waals surface area contributed by atoms with E-state index < -0.39 is 18.4 Å². The third-order valence-electron chi connectivity index (χ3n) is 4.00. The number of H-pyrrole nitrogens is 1. The van der Waals surface area contributed by atoms with Crippen LogP contribution in [0.2, 0.25) is 5.15 Å². The summed E-state index contributed by atoms with van der Waals surface area (Å²) in [5, 5.41) is 4.53. The van der Waals surface area contributed by atoms with Gasteiger partial charge in [0.2, 0.25) is 5.78 Å². The molecular formula is C18H20ClN3O4. The topological polar surface area (TPSA) is 94.0 Å². The Hall–Kier alpha value is -2.67. The summed E-state index contributed by atoms with van der Waals surface area (Å²) in [6.45, 7) is 6.18. The van der Waals surface area contributed by atoms with Crippen molar-refractivity contribution < 1.29 is 19.1 Å². The van der Waals surface area contributed by atoms with Crippen molar-refractivity contribution in [3.05, 3.63) is 45.0 Å². The maximum absolute atomic E-state index is 12.3. The van der Waals surface area contributed by atoms with Gasteiger partial charge in [0.05, 0.1) is 11.4 Å². The fourth-order valence-electron chi connectivity index (χ4n) is 2.80. The van der Waals surface area contributed by atoms with Crippen LogP contribution < -0.4 is 0 Å². The minimum atomic E-state index is -0.676. The SMILES string of the molecule is CC(=O)c1c(C)[nH]c(C(=O)COC(=O)C=Cc2c(C)nn(C)c2Cl)c1C. The molecule has 26 heavy (non-hydrogen) atoms. The number of carbonyl (C=O) groups excluding carboxylic acids is 3. The number of hydrogen-bond acceptors (Lipinski definition) is 5. The lowest BCUT2D eigenvalue weighted by Gasteiger charge is -2.02. The van der Waals surface area contributed by atoms with Crippen LogP contribution in [0.1, 0.15) is 50.3 Å². The molecule has 138 valence electrons. The molecule has 0 bridgehead atoms. The second kappa shape index (κ2) is 7.70. The van der Waals surface area contributed by atoms with Gasteiger partial charge in [-0.3, -0.25) is 14.3 Å². The van der Waals surface area contributed by atoms with E-state index in [2.05, 4.69) is 10.1 Å². The van der Waals surface area contributed by atoms with Crippen LogP contribution in [0.3, 0.4) is 0 Å². The highest BCUT2D eigenvalue weighted by molar-refractivity contribution is 6.31. The fourth-order valence-corrected chi connectivity index (χ4v) is 3.04. The summed E-state index contributed by atoms with van der Waals surface area (Å²) in [4.78, 5) is 38.6. The van der Waals surface area contributed by atoms with Gasteiger partial charge in [-0.2, -0.15) is 5.10 Å². The van der Waals surface area contributed by atoms with Gasteiger partial charge >= 0.3 is 5.97 Å². The molecule has 2 heterocycles. The first-order valence-corrected chi connectivity index (χ1v) is 8.28. The maximum atomic E-state index is 12.3. The predicted molar refractivity (Wildman–Crippen MR) is 97.5 cm³/mol. The van der Waals surface area contributed by atoms with Gasteiger partial charge in [0.25, 0.3) is 0 Å². The monoisotopic (exact) mass is 377 g/mol. The smallest absolute Gasteiger partial charge is 0.331 e. The average molecular weight is 378 g/mol. The second-order valence-electron chi connectivity index (χ2n) is 5.96. The van der Waals surface area contributed by atoms with E-state index in [9.17, 15) is 14.4 Å². The number of nitrogens with one attached hydrogen (secondary N) is 1. The van der Waals surface area contributed by atoms with Gasteiger partial charge in [-0.25, -0.2) is 4.79 Å². The van der Waals surface area contributed by atoms with Gasteiger partial charge in [-0.05, 0) is 39.3 Å². The highest BCUT2D eigenvalue weighted by atomic mass is 35.5. The van der Waals surface area contributed by atoms with E-state index in [4.69, 9.17) is 16.3 Å². The van der Waals surface area contributed by atoms with Crippen LogP contribution in [0.5, 0.6) is 0 Å². The summed E-state index contributed by atoms with van der Waals surface area (Å²) in [5.41, 5.74) is 3.22. The lowest BCUT2D eigenvalue weighted by molar-refractivity contribution is -0.136. The maximum Gasteiger partial charge on any atom is 0.331 e. The van der Waals surface area contributed by atoms with E-state index in [0.29, 0.717) is 33.2 Å². The summed E-state index contributed by atoms with van der Waals surface area (Å²) in [6.07, 6.45) is 2.69. The van der Waals surface area contributed by atoms with E-state index >= 15 is 0 Å². The number of hydrogen-bond donors (Lipinski definition) is 1. The molecule has 0 saturated carbocycles. The molecule has 0 unspecified atom stereocenters. The van der Waals surface area contributed by atoms with Crippen LogP contribution in [-0.2, 0) is 16.6 Å². The molecule has 8 heteroatoms. The number of ketones is 2. The van der Waals surface area contributed by atoms with E-state index in [1.54, 1.807) is 27.8 Å². The highest BCUT2D eigenvalue weighted by Crippen LogP contribution is 2.20. The molecule has 0 aromatic carbocycles. The summed E-state index contributed by atoms with van der Waals surface area (Å²) in [5.74, 6) is -1.21. The molecular weight excluding hydrogens is 358 g/mol. The first-order chi connectivity index (χ1) is 12.1. The van der Waals surface area contributed by atoms with Gasteiger partial charge in [0.1, 0.15) is 5.15 Å². The summed E-state index contributed by atoms with van der Waals surface area (Å²) in [7, 11) is 1.69. The van der Waals surface area contributed by atoms with E-state index in [1.807, 2.05) is 0 Å². The molecule has 0 aliphatic heterocycles. The number of aromatic amines is 1. The lowest BCUT2D eigenvalue weighted by atomic mass is 10.1. The first-order valence-electron chi connectivity index (χ1n) is 7.90. The Labute approximate surface area is 156 Å². The number of esters is 1. The van der Waals surface area contributed by atoms with Gasteiger partial charge in [-0.15, -0.1) is 0 Å². The van der Waals surface area contributed by atoms with Crippen LogP contribution in [0.4, 0.5) is 0 Å². The number of halogens is 1. The Morgan fingerprint density at radius 3 is 2.42 bits per heavy atom. The summed E-state index contributed by atoms with van der Waals surface area (Å²) in [6, 6.07) is 0. The van der Waals surface area contributed by atoms with Crippen molar-refractivity contribution in [1.82, 2.24) is 14.8 Å². The number of Topliss-reactive ketones (excluding diaryl/α,β-unsaturated/α-hetero) is 2. The van der Waals surface area contributed by atoms with Gasteiger partial charge in [0.15, 0.2) is 12.4 Å². The largest absolute Gasteiger partial charge is 0.454 e. The third kappa shape index (κ3) is 3.94. The third-order valence-corrected chi connectivity index (χ3v) is 4.44. The number of rotatable bonds is 6. The molecule has 2 rings (SSSR count). The zero-order valence-electron chi connectivity index (χ0n) is 15.3. The lowest BCUT2D eigenvalue weighted by Crippen LogP contribution is -2.14. The Balaban J connectivity index is 2.03. The van der Waals surface area contributed by atoms with Crippen molar-refractivity contribution in [2.24, 2.45) is 7.05 Å². The van der Waals surface area contributed by atoms with Crippen LogP contribution in [0.15, 0.2) is 6.08 Å². The van der Waals surface area contributed by atoms with Gasteiger partial charge in [0, 0.05) is 29.9 Å². The predicted octanol–water partition coefficient (Wildman–Crippen LogP) is 2.97. The average Bonchev–Trinajstić information content (AvgIpc) is 2.99. The number of carbonyl (C=O) groups is 3. The molecule has 2 aromatic rings. The van der Waals surface area contributed by atoms with E-state index in [1.165, 1.54) is 23.8 Å². The van der Waals surface area contributed by atoms with Crippen molar-refractivity contribution in [2.75, 3.05) is 6.61 Å². The molecule has 0 spiro atoms. The van der Waals surface area contributed by atoms with Crippen LogP contribution in [0, 0.1) is 20.8 Å². The summed E-state index contributed by atoms with van der Waals surface area (Å²) < 4.78 is 6.48. The van der Waals surface area contributed by atoms with Crippen LogP contribution in [-0.4, -0.2) is 38.9 Å². The van der Waals surface area contributed by atoms with Crippen molar-refractivity contribution >= 4 is 35.2 Å². The molecule has 0 atom stereocenters. The first kappa shape index (κ1) is 19.7. The molecule has 0 amide bonds. The van der Waals surface area contributed by atoms with Crippen molar-refractivity contribution in [2.45, 2.75) is 27.7 Å². The van der Waals surface area contributed by atoms with Gasteiger partial charge < -0.3 is 9.72 Å². The minimum absolute atomic E-state index is 0.126. The second-order valence-corrected chi connectivity index (χ2v) is 6.32. The van der Waals surface area contributed by atoms with Crippen molar-refractivity contribution in [3.63, 3.8) is 0 Å². The molecule has 1 N–H and O–H groups in total. The van der Waals surface area contributed by atoms with Crippen LogP contribution >= 0.6 is 11.6 Å². The molecule has 2 aromatic heterocycles. The van der Waals surface area contributed by atoms with Crippen LogP contribution in [0.25, 0.3) is 6.08 Å². The molecule has 0 fully saturated rings.